The average Bonchev–Trinajstić information content (AvgIpc) is 3.09. The van der Waals surface area contributed by atoms with Gasteiger partial charge in [-0.3, -0.25) is 14.4 Å². The lowest BCUT2D eigenvalue weighted by Crippen LogP contribution is -2.36. The van der Waals surface area contributed by atoms with Crippen LogP contribution < -0.4 is 5.32 Å². The van der Waals surface area contributed by atoms with Crippen LogP contribution in [0.4, 0.5) is 5.00 Å². The number of fused-ring (bicyclic) bond motifs is 1. The van der Waals surface area contributed by atoms with Crippen LogP contribution in [0.2, 0.25) is 0 Å². The van der Waals surface area contributed by atoms with Gasteiger partial charge in [-0.1, -0.05) is 30.3 Å². The van der Waals surface area contributed by atoms with Gasteiger partial charge in [0.1, 0.15) is 17.5 Å². The molecule has 1 aromatic carbocycles. The van der Waals surface area contributed by atoms with Crippen LogP contribution in [0, 0.1) is 11.3 Å². The Morgan fingerprint density at radius 3 is 2.77 bits per heavy atom. The molecule has 0 unspecified atom stereocenters. The van der Waals surface area contributed by atoms with Crippen molar-refractivity contribution in [3.8, 4) is 6.07 Å². The average molecular weight is 423 g/mol. The number of nitrogens with one attached hydrogen (secondary N) is 1. The van der Waals surface area contributed by atoms with Crippen molar-refractivity contribution in [3.63, 3.8) is 0 Å². The topological polar surface area (TPSA) is 99.5 Å². The first-order valence-corrected chi connectivity index (χ1v) is 10.4. The largest absolute Gasteiger partial charge is 0.466 e. The van der Waals surface area contributed by atoms with E-state index in [-0.39, 0.29) is 24.8 Å². The third-order valence-electron chi connectivity index (χ3n) is 4.59. The second-order valence-electron chi connectivity index (χ2n) is 6.60. The Morgan fingerprint density at radius 1 is 1.30 bits per heavy atom. The first kappa shape index (κ1) is 21.3. The molecule has 7 nitrogen and oxygen atoms in total. The molecule has 0 saturated heterocycles. The van der Waals surface area contributed by atoms with Gasteiger partial charge in [-0.25, -0.2) is 0 Å². The van der Waals surface area contributed by atoms with E-state index in [2.05, 4.69) is 11.4 Å². The number of thiophene rings is 1. The number of anilines is 1. The molecule has 0 atom stereocenters. The number of benzene rings is 1. The van der Waals surface area contributed by atoms with E-state index in [1.807, 2.05) is 30.3 Å². The number of hydrogen-bond donors (Lipinski definition) is 1. The van der Waals surface area contributed by atoms with Crippen molar-refractivity contribution in [2.45, 2.75) is 26.3 Å². The van der Waals surface area contributed by atoms with E-state index in [0.717, 1.165) is 16.0 Å². The monoisotopic (exact) mass is 423 g/mol. The zero-order chi connectivity index (χ0) is 21.5. The highest BCUT2D eigenvalue weighted by molar-refractivity contribution is 7.16. The number of carbonyl (C=O) groups excluding carboxylic acids is 3. The lowest BCUT2D eigenvalue weighted by atomic mass is 10.0. The molecule has 154 valence electrons. The molecule has 2 amide bonds. The Labute approximate surface area is 178 Å². The maximum absolute atomic E-state index is 12.3. The van der Waals surface area contributed by atoms with Gasteiger partial charge in [0.2, 0.25) is 11.8 Å². The minimum absolute atomic E-state index is 0.231. The lowest BCUT2D eigenvalue weighted by molar-refractivity contribution is -0.149. The maximum Gasteiger partial charge on any atom is 0.315 e. The van der Waals surface area contributed by atoms with Gasteiger partial charge in [0.05, 0.1) is 18.7 Å². The van der Waals surface area contributed by atoms with Gasteiger partial charge >= 0.3 is 5.97 Å². The number of rotatable bonds is 6. The fourth-order valence-corrected chi connectivity index (χ4v) is 4.38. The van der Waals surface area contributed by atoms with E-state index >= 15 is 0 Å². The zero-order valence-electron chi connectivity index (χ0n) is 16.5. The predicted octanol–water partition coefficient (Wildman–Crippen LogP) is 3.11. The molecule has 0 spiro atoms. The quantitative estimate of drug-likeness (QED) is 0.437. The second kappa shape index (κ2) is 9.85. The van der Waals surface area contributed by atoms with Crippen molar-refractivity contribution in [2.24, 2.45) is 0 Å². The van der Waals surface area contributed by atoms with Crippen molar-refractivity contribution >= 4 is 40.2 Å². The Morgan fingerprint density at radius 2 is 2.07 bits per heavy atom. The molecule has 3 rings (SSSR count). The van der Waals surface area contributed by atoms with Crippen LogP contribution >= 0.6 is 11.3 Å². The Balaban J connectivity index is 1.69. The molecule has 2 heterocycles. The van der Waals surface area contributed by atoms with E-state index in [1.54, 1.807) is 17.9 Å². The molecule has 0 aliphatic carbocycles. The molecule has 8 heteroatoms. The van der Waals surface area contributed by atoms with Gasteiger partial charge < -0.3 is 15.0 Å². The summed E-state index contributed by atoms with van der Waals surface area (Å²) >= 11 is 1.29. The molecule has 0 radical (unpaired) electrons. The summed E-state index contributed by atoms with van der Waals surface area (Å²) < 4.78 is 4.83. The number of nitriles is 1. The van der Waals surface area contributed by atoms with Crippen molar-refractivity contribution < 1.29 is 19.1 Å². The van der Waals surface area contributed by atoms with Gasteiger partial charge in [-0.2, -0.15) is 5.26 Å². The highest BCUT2D eigenvalue weighted by Gasteiger charge is 2.28. The predicted molar refractivity (Wildman–Crippen MR) is 114 cm³/mol. The number of ether oxygens (including phenoxy) is 1. The van der Waals surface area contributed by atoms with E-state index in [0.29, 0.717) is 30.1 Å². The highest BCUT2D eigenvalue weighted by Crippen LogP contribution is 2.36. The molecule has 30 heavy (non-hydrogen) atoms. The Bertz CT molecular complexity index is 1020. The minimum Gasteiger partial charge on any atom is -0.466 e. The van der Waals surface area contributed by atoms with E-state index in [9.17, 15) is 19.6 Å². The smallest absolute Gasteiger partial charge is 0.315 e. The fourth-order valence-electron chi connectivity index (χ4n) is 3.16. The van der Waals surface area contributed by atoms with Crippen molar-refractivity contribution in [1.82, 2.24) is 4.90 Å². The van der Waals surface area contributed by atoms with E-state index in [4.69, 9.17) is 4.74 Å². The number of nitrogens with zero attached hydrogens (tertiary/aromatic N) is 2. The summed E-state index contributed by atoms with van der Waals surface area (Å²) in [5.41, 5.74) is 2.19. The summed E-state index contributed by atoms with van der Waals surface area (Å²) in [5.74, 6) is -1.18. The summed E-state index contributed by atoms with van der Waals surface area (Å²) in [4.78, 5) is 38.6. The van der Waals surface area contributed by atoms with E-state index < -0.39 is 5.97 Å². The fraction of sp³-hybridized carbons (Fsp3) is 0.273. The molecular formula is C22H21N3O4S. The Kier molecular flexibility index (Phi) is 6.99. The van der Waals surface area contributed by atoms with Crippen LogP contribution in [0.25, 0.3) is 6.08 Å². The standard InChI is InChI=1S/C22H21N3O4S/c1-2-29-21(28)12-20(27)25-11-10-16-17(13-23)22(30-18(16)14-25)24-19(26)9-8-15-6-4-3-5-7-15/h3-9H,2,10-12,14H2,1H3,(H,24,26). The van der Waals surface area contributed by atoms with Crippen LogP contribution in [-0.4, -0.2) is 35.8 Å². The number of hydrogen-bond acceptors (Lipinski definition) is 6. The second-order valence-corrected chi connectivity index (χ2v) is 7.71. The summed E-state index contributed by atoms with van der Waals surface area (Å²) in [5, 5.41) is 12.8. The third-order valence-corrected chi connectivity index (χ3v) is 5.72. The van der Waals surface area contributed by atoms with Crippen LogP contribution in [0.5, 0.6) is 0 Å². The molecule has 0 saturated carbocycles. The summed E-state index contributed by atoms with van der Waals surface area (Å²) in [6.45, 7) is 2.64. The first-order valence-electron chi connectivity index (χ1n) is 9.54. The van der Waals surface area contributed by atoms with Gasteiger partial charge in [0, 0.05) is 17.5 Å². The number of esters is 1. The van der Waals surface area contributed by atoms with Crippen LogP contribution in [-0.2, 0) is 32.1 Å². The van der Waals surface area contributed by atoms with Crippen LogP contribution in [0.1, 0.15) is 34.9 Å². The molecule has 1 aliphatic rings. The molecule has 1 N–H and O–H groups in total. The van der Waals surface area contributed by atoms with Crippen LogP contribution in [0.3, 0.4) is 0 Å². The van der Waals surface area contributed by atoms with Crippen molar-refractivity contribution in [3.05, 3.63) is 58.0 Å². The molecule has 1 aromatic heterocycles. The normalized spacial score (nSPS) is 12.9. The molecule has 0 bridgehead atoms. The molecular weight excluding hydrogens is 402 g/mol. The third kappa shape index (κ3) is 5.13. The summed E-state index contributed by atoms with van der Waals surface area (Å²) in [6, 6.07) is 11.6. The van der Waals surface area contributed by atoms with Gasteiger partial charge in [0.25, 0.3) is 0 Å². The van der Waals surface area contributed by atoms with Crippen molar-refractivity contribution in [1.29, 1.82) is 5.26 Å². The summed E-state index contributed by atoms with van der Waals surface area (Å²) in [7, 11) is 0. The molecule has 2 aromatic rings. The zero-order valence-corrected chi connectivity index (χ0v) is 17.3. The number of carbonyl (C=O) groups is 3. The number of amides is 2. The molecule has 0 fully saturated rings. The van der Waals surface area contributed by atoms with E-state index in [1.165, 1.54) is 17.4 Å². The van der Waals surface area contributed by atoms with Crippen molar-refractivity contribution in [2.75, 3.05) is 18.5 Å². The minimum atomic E-state index is -0.546. The van der Waals surface area contributed by atoms with Crippen LogP contribution in [0.15, 0.2) is 36.4 Å². The Hall–Kier alpha value is -3.44. The SMILES string of the molecule is CCOC(=O)CC(=O)N1CCc2c(sc(NC(=O)C=Cc3ccccc3)c2C#N)C1. The van der Waals surface area contributed by atoms with Gasteiger partial charge in [-0.05, 0) is 30.5 Å². The summed E-state index contributed by atoms with van der Waals surface area (Å²) in [6.07, 6.45) is 3.32. The van der Waals surface area contributed by atoms with Gasteiger partial charge in [0.15, 0.2) is 0 Å². The highest BCUT2D eigenvalue weighted by atomic mass is 32.1. The molecule has 1 aliphatic heterocycles. The maximum atomic E-state index is 12.3. The first-order chi connectivity index (χ1) is 14.5. The lowest BCUT2D eigenvalue weighted by Gasteiger charge is -2.26. The van der Waals surface area contributed by atoms with Gasteiger partial charge in [-0.15, -0.1) is 11.3 Å².